The number of ether oxygens (including phenoxy) is 1. The molecule has 1 unspecified atom stereocenters. The van der Waals surface area contributed by atoms with Crippen molar-refractivity contribution in [3.63, 3.8) is 0 Å². The Morgan fingerprint density at radius 1 is 1.14 bits per heavy atom. The molecule has 156 valence electrons. The molecule has 0 spiro atoms. The van der Waals surface area contributed by atoms with Crippen molar-refractivity contribution in [3.8, 4) is 5.75 Å². The van der Waals surface area contributed by atoms with Crippen LogP contribution in [-0.4, -0.2) is 57.7 Å². The van der Waals surface area contributed by atoms with Crippen molar-refractivity contribution in [1.82, 2.24) is 4.90 Å². The van der Waals surface area contributed by atoms with Gasteiger partial charge in [0.2, 0.25) is 0 Å². The fourth-order valence-corrected chi connectivity index (χ4v) is 3.88. The summed E-state index contributed by atoms with van der Waals surface area (Å²) in [5.41, 5.74) is 4.72. The van der Waals surface area contributed by atoms with E-state index in [2.05, 4.69) is 36.9 Å². The molecule has 2 aromatic carbocycles. The number of halogens is 1. The zero-order valence-corrected chi connectivity index (χ0v) is 17.8. The SMILES string of the molecule is COc1ccc(C[NH+](C)CC(=O)N2CCN(c3cccc(C)c3C)CC2)cc1F. The highest BCUT2D eigenvalue weighted by atomic mass is 19.1. The standard InChI is InChI=1S/C23H30FN3O2/c1-17-6-5-7-21(18(17)2)26-10-12-27(13-11-26)23(28)16-25(3)15-19-8-9-22(29-4)20(24)14-19/h5-9,14H,10-13,15-16H2,1-4H3/p+1. The third-order valence-electron chi connectivity index (χ3n) is 5.72. The van der Waals surface area contributed by atoms with Gasteiger partial charge in [0, 0.05) is 37.4 Å². The van der Waals surface area contributed by atoms with Crippen LogP contribution < -0.4 is 14.5 Å². The number of rotatable bonds is 6. The van der Waals surface area contributed by atoms with Crippen LogP contribution in [-0.2, 0) is 11.3 Å². The third kappa shape index (κ3) is 5.07. The van der Waals surface area contributed by atoms with Crippen molar-refractivity contribution in [2.75, 3.05) is 51.8 Å². The molecule has 29 heavy (non-hydrogen) atoms. The molecule has 0 saturated carbocycles. The van der Waals surface area contributed by atoms with Gasteiger partial charge in [0.05, 0.1) is 14.2 Å². The Labute approximate surface area is 172 Å². The van der Waals surface area contributed by atoms with Crippen molar-refractivity contribution < 1.29 is 18.8 Å². The number of hydrogen-bond donors (Lipinski definition) is 1. The number of methoxy groups -OCH3 is 1. The molecule has 1 fully saturated rings. The largest absolute Gasteiger partial charge is 0.494 e. The van der Waals surface area contributed by atoms with Crippen molar-refractivity contribution >= 4 is 11.6 Å². The van der Waals surface area contributed by atoms with Crippen LogP contribution in [0.3, 0.4) is 0 Å². The number of anilines is 1. The van der Waals surface area contributed by atoms with E-state index < -0.39 is 0 Å². The van der Waals surface area contributed by atoms with Crippen molar-refractivity contribution in [1.29, 1.82) is 0 Å². The number of likely N-dealkylation sites (N-methyl/N-ethyl adjacent to an activating group) is 1. The van der Waals surface area contributed by atoms with E-state index in [-0.39, 0.29) is 17.5 Å². The summed E-state index contributed by atoms with van der Waals surface area (Å²) in [4.78, 5) is 18.1. The van der Waals surface area contributed by atoms with Gasteiger partial charge in [-0.2, -0.15) is 0 Å². The first-order valence-electron chi connectivity index (χ1n) is 10.1. The molecule has 0 radical (unpaired) electrons. The summed E-state index contributed by atoms with van der Waals surface area (Å²) < 4.78 is 18.8. The van der Waals surface area contributed by atoms with Gasteiger partial charge in [-0.15, -0.1) is 0 Å². The lowest BCUT2D eigenvalue weighted by Crippen LogP contribution is -3.09. The maximum Gasteiger partial charge on any atom is 0.277 e. The number of carbonyl (C=O) groups excluding carboxylic acids is 1. The first-order chi connectivity index (χ1) is 13.9. The number of hydrogen-bond acceptors (Lipinski definition) is 3. The Hall–Kier alpha value is -2.60. The maximum absolute atomic E-state index is 13.9. The Balaban J connectivity index is 1.51. The minimum atomic E-state index is -0.369. The Kier molecular flexibility index (Phi) is 6.75. The fourth-order valence-electron chi connectivity index (χ4n) is 3.88. The number of benzene rings is 2. The van der Waals surface area contributed by atoms with Gasteiger partial charge in [0.1, 0.15) is 6.54 Å². The normalized spacial score (nSPS) is 15.3. The Bertz CT molecular complexity index is 863. The molecule has 6 heteroatoms. The molecule has 1 saturated heterocycles. The van der Waals surface area contributed by atoms with Crippen LogP contribution in [0, 0.1) is 19.7 Å². The minimum absolute atomic E-state index is 0.150. The summed E-state index contributed by atoms with van der Waals surface area (Å²) in [6.45, 7) is 8.44. The van der Waals surface area contributed by atoms with Gasteiger partial charge in [0.15, 0.2) is 18.1 Å². The van der Waals surface area contributed by atoms with E-state index >= 15 is 0 Å². The molecule has 2 aromatic rings. The summed E-state index contributed by atoms with van der Waals surface area (Å²) in [6.07, 6.45) is 0. The Morgan fingerprint density at radius 3 is 2.52 bits per heavy atom. The summed E-state index contributed by atoms with van der Waals surface area (Å²) in [7, 11) is 3.42. The molecule has 1 heterocycles. The monoisotopic (exact) mass is 400 g/mol. The molecule has 1 amide bonds. The summed E-state index contributed by atoms with van der Waals surface area (Å²) in [5.74, 6) is 0.0213. The smallest absolute Gasteiger partial charge is 0.277 e. The first kappa shape index (κ1) is 21.1. The number of nitrogens with zero attached hydrogens (tertiary/aromatic N) is 2. The number of nitrogens with one attached hydrogen (secondary N) is 1. The van der Waals surface area contributed by atoms with E-state index in [1.807, 2.05) is 18.0 Å². The predicted molar refractivity (Wildman–Crippen MR) is 113 cm³/mol. The summed E-state index contributed by atoms with van der Waals surface area (Å²) in [5, 5.41) is 0. The molecule has 1 aliphatic heterocycles. The van der Waals surface area contributed by atoms with Crippen LogP contribution in [0.4, 0.5) is 10.1 Å². The highest BCUT2D eigenvalue weighted by Crippen LogP contribution is 2.23. The lowest BCUT2D eigenvalue weighted by Gasteiger charge is -2.37. The van der Waals surface area contributed by atoms with Crippen molar-refractivity contribution in [2.45, 2.75) is 20.4 Å². The lowest BCUT2D eigenvalue weighted by molar-refractivity contribution is -0.885. The molecule has 5 nitrogen and oxygen atoms in total. The molecule has 0 aromatic heterocycles. The summed E-state index contributed by atoms with van der Waals surface area (Å²) in [6, 6.07) is 11.3. The van der Waals surface area contributed by atoms with Crippen LogP contribution in [0.25, 0.3) is 0 Å². The van der Waals surface area contributed by atoms with E-state index in [1.54, 1.807) is 6.07 Å². The molecule has 1 atom stereocenters. The van der Waals surface area contributed by atoms with Gasteiger partial charge in [-0.25, -0.2) is 4.39 Å². The van der Waals surface area contributed by atoms with E-state index in [9.17, 15) is 9.18 Å². The zero-order chi connectivity index (χ0) is 21.0. The van der Waals surface area contributed by atoms with E-state index in [1.165, 1.54) is 30.0 Å². The van der Waals surface area contributed by atoms with Gasteiger partial charge in [-0.1, -0.05) is 12.1 Å². The van der Waals surface area contributed by atoms with Crippen LogP contribution in [0.1, 0.15) is 16.7 Å². The molecule has 1 aliphatic rings. The number of carbonyl (C=O) groups is 1. The van der Waals surface area contributed by atoms with E-state index in [4.69, 9.17) is 4.74 Å². The number of amides is 1. The predicted octanol–water partition coefficient (Wildman–Crippen LogP) is 1.81. The van der Waals surface area contributed by atoms with Crippen LogP contribution in [0.15, 0.2) is 36.4 Å². The highest BCUT2D eigenvalue weighted by molar-refractivity contribution is 5.77. The van der Waals surface area contributed by atoms with E-state index in [0.29, 0.717) is 13.1 Å². The van der Waals surface area contributed by atoms with Gasteiger partial charge in [-0.3, -0.25) is 4.79 Å². The van der Waals surface area contributed by atoms with Gasteiger partial charge in [0.25, 0.3) is 5.91 Å². The van der Waals surface area contributed by atoms with Gasteiger partial charge in [-0.05, 0) is 49.2 Å². The lowest BCUT2D eigenvalue weighted by atomic mass is 10.1. The minimum Gasteiger partial charge on any atom is -0.494 e. The van der Waals surface area contributed by atoms with Crippen LogP contribution in [0.2, 0.25) is 0 Å². The average molecular weight is 401 g/mol. The molecular formula is C23H31FN3O2+. The van der Waals surface area contributed by atoms with Gasteiger partial charge < -0.3 is 19.4 Å². The second kappa shape index (κ2) is 9.27. The van der Waals surface area contributed by atoms with Crippen molar-refractivity contribution in [2.24, 2.45) is 0 Å². The summed E-state index contributed by atoms with van der Waals surface area (Å²) >= 11 is 0. The Morgan fingerprint density at radius 2 is 1.86 bits per heavy atom. The first-order valence-corrected chi connectivity index (χ1v) is 10.1. The van der Waals surface area contributed by atoms with Crippen LogP contribution >= 0.6 is 0 Å². The molecule has 0 bridgehead atoms. The number of piperazine rings is 1. The van der Waals surface area contributed by atoms with Crippen molar-refractivity contribution in [3.05, 3.63) is 58.9 Å². The van der Waals surface area contributed by atoms with Crippen LogP contribution in [0.5, 0.6) is 5.75 Å². The quantitative estimate of drug-likeness (QED) is 0.804. The molecule has 0 aliphatic carbocycles. The van der Waals surface area contributed by atoms with E-state index in [0.717, 1.165) is 36.6 Å². The highest BCUT2D eigenvalue weighted by Gasteiger charge is 2.24. The maximum atomic E-state index is 13.9. The topological polar surface area (TPSA) is 37.2 Å². The zero-order valence-electron chi connectivity index (χ0n) is 17.8. The number of aryl methyl sites for hydroxylation is 1. The third-order valence-corrected chi connectivity index (χ3v) is 5.72. The molecule has 1 N–H and O–H groups in total. The molecular weight excluding hydrogens is 369 g/mol. The molecule has 3 rings (SSSR count). The average Bonchev–Trinajstić information content (AvgIpc) is 2.70. The van der Waals surface area contributed by atoms with Gasteiger partial charge >= 0.3 is 0 Å². The number of quaternary nitrogens is 1. The second-order valence-corrected chi connectivity index (χ2v) is 7.87. The fraction of sp³-hybridized carbons (Fsp3) is 0.435. The second-order valence-electron chi connectivity index (χ2n) is 7.87.